The zero-order valence-corrected chi connectivity index (χ0v) is 15.6. The summed E-state index contributed by atoms with van der Waals surface area (Å²) >= 11 is 1.50. The van der Waals surface area contributed by atoms with E-state index in [1.54, 1.807) is 12.1 Å². The second kappa shape index (κ2) is 6.85. The van der Waals surface area contributed by atoms with Gasteiger partial charge in [0.2, 0.25) is 0 Å². The molecule has 1 aliphatic carbocycles. The largest absolute Gasteiger partial charge is 0.496 e. The monoisotopic (exact) mass is 380 g/mol. The Morgan fingerprint density at radius 3 is 2.41 bits per heavy atom. The first-order valence-electron chi connectivity index (χ1n) is 8.26. The maximum atomic E-state index is 13.0. The fraction of sp³-hybridized carbons (Fsp3) is 0.150. The quantitative estimate of drug-likeness (QED) is 0.727. The standard InChI is InChI=1S/C20H16N2O4S/c1-25-14-7-8-15(26-2)18-17(14)13(23)9-11(19(18)24)10-21-20-22-12-5-3-4-6-16(12)27-20/h3-9H,10H2,1-2H3,(H,21,22). The second-order valence-corrected chi connectivity index (χ2v) is 6.95. The summed E-state index contributed by atoms with van der Waals surface area (Å²) in [5, 5.41) is 3.84. The molecule has 0 fully saturated rings. The Labute approximate surface area is 159 Å². The van der Waals surface area contributed by atoms with E-state index in [0.29, 0.717) is 22.2 Å². The first-order valence-corrected chi connectivity index (χ1v) is 9.08. The lowest BCUT2D eigenvalue weighted by molar-refractivity contribution is 0.0978. The number of Topliss-reactive ketones (excluding diaryl/α,β-unsaturated/α-hetero) is 1. The van der Waals surface area contributed by atoms with Crippen LogP contribution in [0.5, 0.6) is 11.5 Å². The van der Waals surface area contributed by atoms with Crippen molar-refractivity contribution in [1.82, 2.24) is 4.98 Å². The molecule has 0 atom stereocenters. The van der Waals surface area contributed by atoms with E-state index >= 15 is 0 Å². The first kappa shape index (κ1) is 17.2. The Kier molecular flexibility index (Phi) is 4.37. The molecule has 0 saturated heterocycles. The summed E-state index contributed by atoms with van der Waals surface area (Å²) < 4.78 is 11.6. The van der Waals surface area contributed by atoms with Crippen molar-refractivity contribution in [2.24, 2.45) is 0 Å². The van der Waals surface area contributed by atoms with Crippen molar-refractivity contribution >= 4 is 38.3 Å². The summed E-state index contributed by atoms with van der Waals surface area (Å²) in [6, 6.07) is 11.0. The lowest BCUT2D eigenvalue weighted by atomic mass is 9.88. The molecule has 0 aliphatic heterocycles. The Balaban J connectivity index is 1.64. The number of allylic oxidation sites excluding steroid dienone is 1. The minimum absolute atomic E-state index is 0.199. The summed E-state index contributed by atoms with van der Waals surface area (Å²) in [4.78, 5) is 30.1. The molecule has 136 valence electrons. The van der Waals surface area contributed by atoms with Gasteiger partial charge in [-0.1, -0.05) is 23.5 Å². The van der Waals surface area contributed by atoms with Gasteiger partial charge >= 0.3 is 0 Å². The number of thiazole rings is 1. The summed E-state index contributed by atoms with van der Waals surface area (Å²) in [5.41, 5.74) is 1.73. The van der Waals surface area contributed by atoms with Gasteiger partial charge in [0.15, 0.2) is 16.7 Å². The van der Waals surface area contributed by atoms with Crippen LogP contribution in [0, 0.1) is 0 Å². The van der Waals surface area contributed by atoms with E-state index in [0.717, 1.165) is 10.2 Å². The number of ether oxygens (including phenoxy) is 2. The number of nitrogens with one attached hydrogen (secondary N) is 1. The molecule has 1 aliphatic rings. The molecule has 3 aromatic rings. The normalized spacial score (nSPS) is 13.3. The van der Waals surface area contributed by atoms with E-state index in [1.807, 2.05) is 24.3 Å². The number of hydrogen-bond donors (Lipinski definition) is 1. The van der Waals surface area contributed by atoms with Gasteiger partial charge in [-0.3, -0.25) is 9.59 Å². The molecule has 0 unspecified atom stereocenters. The van der Waals surface area contributed by atoms with Crippen LogP contribution in [0.3, 0.4) is 0 Å². The number of carbonyl (C=O) groups is 2. The van der Waals surface area contributed by atoms with Crippen molar-refractivity contribution < 1.29 is 19.1 Å². The highest BCUT2D eigenvalue weighted by atomic mass is 32.1. The number of carbonyl (C=O) groups excluding carboxylic acids is 2. The molecular weight excluding hydrogens is 364 g/mol. The van der Waals surface area contributed by atoms with Crippen molar-refractivity contribution in [3.8, 4) is 11.5 Å². The highest BCUT2D eigenvalue weighted by molar-refractivity contribution is 7.22. The fourth-order valence-electron chi connectivity index (χ4n) is 3.08. The SMILES string of the molecule is COc1ccc(OC)c2c1C(=O)C=C(CNc1nc3ccccc3s1)C2=O. The van der Waals surface area contributed by atoms with Crippen molar-refractivity contribution in [2.75, 3.05) is 26.1 Å². The molecule has 1 N–H and O–H groups in total. The molecule has 4 rings (SSSR count). The van der Waals surface area contributed by atoms with Gasteiger partial charge in [-0.05, 0) is 30.3 Å². The summed E-state index contributed by atoms with van der Waals surface area (Å²) in [5.74, 6) is 0.184. The lowest BCUT2D eigenvalue weighted by Gasteiger charge is -2.20. The van der Waals surface area contributed by atoms with Crippen molar-refractivity contribution in [3.05, 3.63) is 59.2 Å². The topological polar surface area (TPSA) is 77.5 Å². The minimum Gasteiger partial charge on any atom is -0.496 e. The van der Waals surface area contributed by atoms with Crippen molar-refractivity contribution in [2.45, 2.75) is 0 Å². The molecule has 1 aromatic heterocycles. The Morgan fingerprint density at radius 1 is 1.00 bits per heavy atom. The van der Waals surface area contributed by atoms with E-state index in [1.165, 1.54) is 31.6 Å². The van der Waals surface area contributed by atoms with Gasteiger partial charge in [-0.15, -0.1) is 0 Å². The van der Waals surface area contributed by atoms with E-state index < -0.39 is 0 Å². The van der Waals surface area contributed by atoms with E-state index in [2.05, 4.69) is 10.3 Å². The maximum absolute atomic E-state index is 13.0. The number of aromatic nitrogens is 1. The predicted molar refractivity (Wildman–Crippen MR) is 104 cm³/mol. The number of methoxy groups -OCH3 is 2. The third-order valence-corrected chi connectivity index (χ3v) is 5.36. The van der Waals surface area contributed by atoms with E-state index in [-0.39, 0.29) is 29.2 Å². The van der Waals surface area contributed by atoms with Gasteiger partial charge in [0.25, 0.3) is 0 Å². The predicted octanol–water partition coefficient (Wildman–Crippen LogP) is 3.73. The van der Waals surface area contributed by atoms with Gasteiger partial charge in [-0.25, -0.2) is 4.98 Å². The second-order valence-electron chi connectivity index (χ2n) is 5.92. The van der Waals surface area contributed by atoms with Gasteiger partial charge < -0.3 is 14.8 Å². The summed E-state index contributed by atoms with van der Waals surface area (Å²) in [7, 11) is 2.94. The molecule has 0 radical (unpaired) electrons. The average molecular weight is 380 g/mol. The molecule has 1 heterocycles. The van der Waals surface area contributed by atoms with Crippen molar-refractivity contribution in [1.29, 1.82) is 0 Å². The van der Waals surface area contributed by atoms with Crippen LogP contribution < -0.4 is 14.8 Å². The number of hydrogen-bond acceptors (Lipinski definition) is 7. The minimum atomic E-state index is -0.276. The molecule has 0 spiro atoms. The average Bonchev–Trinajstić information content (AvgIpc) is 3.11. The van der Waals surface area contributed by atoms with Crippen LogP contribution in [-0.2, 0) is 0 Å². The maximum Gasteiger partial charge on any atom is 0.195 e. The Hall–Kier alpha value is -3.19. The zero-order valence-electron chi connectivity index (χ0n) is 14.7. The summed E-state index contributed by atoms with van der Waals surface area (Å²) in [6.07, 6.45) is 1.35. The number of fused-ring (bicyclic) bond motifs is 2. The van der Waals surface area contributed by atoms with Crippen molar-refractivity contribution in [3.63, 3.8) is 0 Å². The van der Waals surface area contributed by atoms with E-state index in [9.17, 15) is 9.59 Å². The van der Waals surface area contributed by atoms with Crippen LogP contribution >= 0.6 is 11.3 Å². The molecule has 6 nitrogen and oxygen atoms in total. The van der Waals surface area contributed by atoms with Gasteiger partial charge in [0.05, 0.1) is 35.6 Å². The third-order valence-electron chi connectivity index (χ3n) is 4.36. The van der Waals surface area contributed by atoms with Crippen LogP contribution in [0.15, 0.2) is 48.0 Å². The van der Waals surface area contributed by atoms with Crippen LogP contribution in [0.4, 0.5) is 5.13 Å². The molecule has 27 heavy (non-hydrogen) atoms. The highest BCUT2D eigenvalue weighted by Crippen LogP contribution is 2.36. The number of anilines is 1. The van der Waals surface area contributed by atoms with Gasteiger partial charge in [0, 0.05) is 12.1 Å². The number of benzene rings is 2. The van der Waals surface area contributed by atoms with Gasteiger partial charge in [-0.2, -0.15) is 0 Å². The van der Waals surface area contributed by atoms with Crippen LogP contribution in [0.2, 0.25) is 0 Å². The van der Waals surface area contributed by atoms with Crippen LogP contribution in [0.1, 0.15) is 20.7 Å². The molecule has 0 amide bonds. The Bertz CT molecular complexity index is 1070. The van der Waals surface area contributed by atoms with Crippen LogP contribution in [0.25, 0.3) is 10.2 Å². The molecule has 2 aromatic carbocycles. The molecule has 7 heteroatoms. The smallest absolute Gasteiger partial charge is 0.195 e. The van der Waals surface area contributed by atoms with E-state index in [4.69, 9.17) is 9.47 Å². The zero-order chi connectivity index (χ0) is 19.0. The molecule has 0 bridgehead atoms. The molecular formula is C20H16N2O4S. The van der Waals surface area contributed by atoms with Crippen LogP contribution in [-0.4, -0.2) is 37.3 Å². The Morgan fingerprint density at radius 2 is 1.70 bits per heavy atom. The summed E-state index contributed by atoms with van der Waals surface area (Å²) in [6.45, 7) is 0.199. The van der Waals surface area contributed by atoms with Gasteiger partial charge in [0.1, 0.15) is 11.5 Å². The number of para-hydroxylation sites is 1. The third kappa shape index (κ3) is 2.96. The number of rotatable bonds is 5. The first-order chi connectivity index (χ1) is 13.1. The number of ketones is 2. The number of nitrogens with zero attached hydrogens (tertiary/aromatic N) is 1. The molecule has 0 saturated carbocycles. The fourth-order valence-corrected chi connectivity index (χ4v) is 3.94. The lowest BCUT2D eigenvalue weighted by Crippen LogP contribution is -2.23. The highest BCUT2D eigenvalue weighted by Gasteiger charge is 2.31.